The van der Waals surface area contributed by atoms with Crippen molar-refractivity contribution in [2.75, 3.05) is 31.1 Å². The second-order valence-electron chi connectivity index (χ2n) is 5.40. The Morgan fingerprint density at radius 1 is 1.20 bits per heavy atom. The lowest BCUT2D eigenvalue weighted by Gasteiger charge is -2.37. The maximum atomic E-state index is 12.2. The van der Waals surface area contributed by atoms with Gasteiger partial charge in [-0.3, -0.25) is 4.79 Å². The van der Waals surface area contributed by atoms with Crippen molar-refractivity contribution in [1.29, 1.82) is 0 Å². The summed E-state index contributed by atoms with van der Waals surface area (Å²) in [6.07, 6.45) is 2.91. The molecule has 1 aromatic rings. The number of nitrogens with zero attached hydrogens (tertiary/aromatic N) is 2. The second kappa shape index (κ2) is 7.29. The summed E-state index contributed by atoms with van der Waals surface area (Å²) in [5, 5.41) is 0. The Kier molecular flexibility index (Phi) is 5.41. The number of carbonyl (C=O) groups excluding carboxylic acids is 1. The Morgan fingerprint density at radius 2 is 1.85 bits per heavy atom. The van der Waals surface area contributed by atoms with Gasteiger partial charge in [0, 0.05) is 31.9 Å². The number of amides is 1. The van der Waals surface area contributed by atoms with Crippen molar-refractivity contribution >= 4 is 11.6 Å². The fourth-order valence-electron chi connectivity index (χ4n) is 2.61. The van der Waals surface area contributed by atoms with Crippen molar-refractivity contribution in [2.45, 2.75) is 32.2 Å². The monoisotopic (exact) mass is 275 g/mol. The maximum absolute atomic E-state index is 12.2. The first kappa shape index (κ1) is 14.9. The van der Waals surface area contributed by atoms with Gasteiger partial charge in [0.05, 0.1) is 6.04 Å². The van der Waals surface area contributed by atoms with Gasteiger partial charge < -0.3 is 15.5 Å². The van der Waals surface area contributed by atoms with Crippen LogP contribution in [0.25, 0.3) is 0 Å². The molecule has 0 unspecified atom stereocenters. The van der Waals surface area contributed by atoms with Crippen LogP contribution < -0.4 is 10.6 Å². The summed E-state index contributed by atoms with van der Waals surface area (Å²) in [6.45, 7) is 5.43. The number of hydrogen-bond acceptors (Lipinski definition) is 3. The molecule has 2 N–H and O–H groups in total. The summed E-state index contributed by atoms with van der Waals surface area (Å²) in [6, 6.07) is 10.0. The average molecular weight is 275 g/mol. The van der Waals surface area contributed by atoms with Crippen LogP contribution in [-0.4, -0.2) is 43.0 Å². The number of piperazine rings is 1. The fourth-order valence-corrected chi connectivity index (χ4v) is 2.61. The molecule has 1 fully saturated rings. The lowest BCUT2D eigenvalue weighted by Crippen LogP contribution is -2.53. The second-order valence-corrected chi connectivity index (χ2v) is 5.40. The van der Waals surface area contributed by atoms with Crippen LogP contribution >= 0.6 is 0 Å². The van der Waals surface area contributed by atoms with E-state index >= 15 is 0 Å². The van der Waals surface area contributed by atoms with Gasteiger partial charge in [-0.15, -0.1) is 0 Å². The van der Waals surface area contributed by atoms with E-state index in [1.165, 1.54) is 5.69 Å². The van der Waals surface area contributed by atoms with Gasteiger partial charge in [0.25, 0.3) is 0 Å². The predicted octanol–water partition coefficient (Wildman–Crippen LogP) is 1.85. The third-order valence-electron chi connectivity index (χ3n) is 3.90. The normalized spacial score (nSPS) is 17.1. The van der Waals surface area contributed by atoms with Crippen LogP contribution in [0.4, 0.5) is 5.69 Å². The van der Waals surface area contributed by atoms with Crippen molar-refractivity contribution < 1.29 is 4.79 Å². The van der Waals surface area contributed by atoms with Crippen LogP contribution in [0.5, 0.6) is 0 Å². The Morgan fingerprint density at radius 3 is 2.45 bits per heavy atom. The van der Waals surface area contributed by atoms with E-state index in [-0.39, 0.29) is 11.9 Å². The highest BCUT2D eigenvalue weighted by molar-refractivity contribution is 5.81. The standard InChI is InChI=1S/C16H25N3O/c1-2-3-9-15(17)16(20)19-12-10-18(11-13-19)14-7-5-4-6-8-14/h4-8,15H,2-3,9-13,17H2,1H3/t15-/m0/s1. The smallest absolute Gasteiger partial charge is 0.239 e. The number of rotatable bonds is 5. The molecule has 1 aromatic carbocycles. The van der Waals surface area contributed by atoms with E-state index in [0.717, 1.165) is 45.4 Å². The highest BCUT2D eigenvalue weighted by Gasteiger charge is 2.24. The van der Waals surface area contributed by atoms with E-state index in [4.69, 9.17) is 5.73 Å². The first-order valence-corrected chi connectivity index (χ1v) is 7.56. The lowest BCUT2D eigenvalue weighted by atomic mass is 10.1. The molecule has 0 saturated carbocycles. The van der Waals surface area contributed by atoms with Gasteiger partial charge in [-0.25, -0.2) is 0 Å². The molecule has 0 spiro atoms. The van der Waals surface area contributed by atoms with Gasteiger partial charge in [0.1, 0.15) is 0 Å². The van der Waals surface area contributed by atoms with Gasteiger partial charge >= 0.3 is 0 Å². The Hall–Kier alpha value is -1.55. The van der Waals surface area contributed by atoms with Gasteiger partial charge in [-0.2, -0.15) is 0 Å². The molecule has 0 radical (unpaired) electrons. The van der Waals surface area contributed by atoms with E-state index in [1.807, 2.05) is 23.1 Å². The molecule has 0 bridgehead atoms. The number of benzene rings is 1. The summed E-state index contributed by atoms with van der Waals surface area (Å²) in [5.74, 6) is 0.117. The maximum Gasteiger partial charge on any atom is 0.239 e. The quantitative estimate of drug-likeness (QED) is 0.892. The minimum Gasteiger partial charge on any atom is -0.368 e. The van der Waals surface area contributed by atoms with Crippen LogP contribution in [-0.2, 0) is 4.79 Å². The molecule has 1 atom stereocenters. The van der Waals surface area contributed by atoms with Crippen LogP contribution in [0.1, 0.15) is 26.2 Å². The van der Waals surface area contributed by atoms with E-state index in [9.17, 15) is 4.79 Å². The zero-order chi connectivity index (χ0) is 14.4. The molecular weight excluding hydrogens is 250 g/mol. The average Bonchev–Trinajstić information content (AvgIpc) is 2.53. The molecule has 0 aromatic heterocycles. The Labute approximate surface area is 121 Å². The molecule has 1 heterocycles. The Balaban J connectivity index is 1.83. The van der Waals surface area contributed by atoms with Gasteiger partial charge in [0.15, 0.2) is 0 Å². The molecule has 1 amide bonds. The molecule has 1 aliphatic heterocycles. The summed E-state index contributed by atoms with van der Waals surface area (Å²) >= 11 is 0. The first-order valence-electron chi connectivity index (χ1n) is 7.56. The molecule has 1 aliphatic rings. The van der Waals surface area contributed by atoms with Crippen LogP contribution in [0, 0.1) is 0 Å². The third kappa shape index (κ3) is 3.73. The Bertz CT molecular complexity index is 413. The van der Waals surface area contributed by atoms with Crippen molar-refractivity contribution in [3.8, 4) is 0 Å². The van der Waals surface area contributed by atoms with E-state index < -0.39 is 0 Å². The van der Waals surface area contributed by atoms with Crippen LogP contribution in [0.2, 0.25) is 0 Å². The zero-order valence-electron chi connectivity index (χ0n) is 12.3. The minimum absolute atomic E-state index is 0.117. The fraction of sp³-hybridized carbons (Fsp3) is 0.562. The van der Waals surface area contributed by atoms with Gasteiger partial charge in [0.2, 0.25) is 5.91 Å². The molecule has 2 rings (SSSR count). The van der Waals surface area contributed by atoms with Crippen molar-refractivity contribution in [3.05, 3.63) is 30.3 Å². The number of anilines is 1. The number of carbonyl (C=O) groups is 1. The molecule has 4 heteroatoms. The van der Waals surface area contributed by atoms with Gasteiger partial charge in [-0.05, 0) is 18.6 Å². The number of para-hydroxylation sites is 1. The molecule has 4 nitrogen and oxygen atoms in total. The first-order chi connectivity index (χ1) is 9.72. The number of nitrogens with two attached hydrogens (primary N) is 1. The summed E-state index contributed by atoms with van der Waals surface area (Å²) < 4.78 is 0. The van der Waals surface area contributed by atoms with Crippen molar-refractivity contribution in [2.24, 2.45) is 5.73 Å². The number of hydrogen-bond donors (Lipinski definition) is 1. The summed E-state index contributed by atoms with van der Waals surface area (Å²) in [7, 11) is 0. The third-order valence-corrected chi connectivity index (χ3v) is 3.90. The summed E-state index contributed by atoms with van der Waals surface area (Å²) in [5.41, 5.74) is 7.21. The van der Waals surface area contributed by atoms with Crippen molar-refractivity contribution in [1.82, 2.24) is 4.90 Å². The number of unbranched alkanes of at least 4 members (excludes halogenated alkanes) is 1. The lowest BCUT2D eigenvalue weighted by molar-refractivity contribution is -0.133. The highest BCUT2D eigenvalue weighted by atomic mass is 16.2. The van der Waals surface area contributed by atoms with E-state index in [0.29, 0.717) is 0 Å². The van der Waals surface area contributed by atoms with Crippen LogP contribution in [0.3, 0.4) is 0 Å². The molecule has 110 valence electrons. The molecule has 0 aliphatic carbocycles. The molecular formula is C16H25N3O. The topological polar surface area (TPSA) is 49.6 Å². The molecule has 20 heavy (non-hydrogen) atoms. The predicted molar refractivity (Wildman–Crippen MR) is 82.7 cm³/mol. The SMILES string of the molecule is CCCC[C@H](N)C(=O)N1CCN(c2ccccc2)CC1. The van der Waals surface area contributed by atoms with Crippen molar-refractivity contribution in [3.63, 3.8) is 0 Å². The minimum atomic E-state index is -0.321. The highest BCUT2D eigenvalue weighted by Crippen LogP contribution is 2.16. The zero-order valence-corrected chi connectivity index (χ0v) is 12.3. The largest absolute Gasteiger partial charge is 0.368 e. The van der Waals surface area contributed by atoms with Crippen LogP contribution in [0.15, 0.2) is 30.3 Å². The van der Waals surface area contributed by atoms with Gasteiger partial charge in [-0.1, -0.05) is 38.0 Å². The van der Waals surface area contributed by atoms with E-state index in [1.54, 1.807) is 0 Å². The van der Waals surface area contributed by atoms with E-state index in [2.05, 4.69) is 24.0 Å². The summed E-state index contributed by atoms with van der Waals surface area (Å²) in [4.78, 5) is 16.5. The molecule has 1 saturated heterocycles.